The van der Waals surface area contributed by atoms with E-state index >= 15 is 0 Å². The molecule has 0 aromatic rings. The molecule has 0 aliphatic rings. The largest absolute Gasteiger partial charge is 0.159 e. The van der Waals surface area contributed by atoms with Crippen molar-refractivity contribution in [2.75, 3.05) is 17.3 Å². The number of rotatable bonds is 9. The summed E-state index contributed by atoms with van der Waals surface area (Å²) < 4.78 is 0. The summed E-state index contributed by atoms with van der Waals surface area (Å²) in [6.45, 7) is 13.8. The minimum absolute atomic E-state index is 0.774. The molecule has 0 heterocycles. The molecule has 0 atom stereocenters. The van der Waals surface area contributed by atoms with Crippen LogP contribution in [0.15, 0.2) is 0 Å². The average molecular weight is 281 g/mol. The lowest BCUT2D eigenvalue weighted by molar-refractivity contribution is 0.771. The zero-order valence-corrected chi connectivity index (χ0v) is 14.1. The summed E-state index contributed by atoms with van der Waals surface area (Å²) in [5.74, 6) is 4.87. The molecule has 0 amide bonds. The van der Waals surface area contributed by atoms with Crippen LogP contribution in [0, 0.1) is 5.92 Å². The molecule has 0 N–H and O–H groups in total. The van der Waals surface area contributed by atoms with E-state index in [9.17, 15) is 0 Å². The highest BCUT2D eigenvalue weighted by Crippen LogP contribution is 2.25. The number of thioether (sulfide) groups is 3. The van der Waals surface area contributed by atoms with Gasteiger partial charge in [-0.2, -0.15) is 35.3 Å². The van der Waals surface area contributed by atoms with Crippen molar-refractivity contribution in [2.45, 2.75) is 57.3 Å². The molecule has 0 aromatic heterocycles. The molecule has 0 nitrogen and oxygen atoms in total. The maximum Gasteiger partial charge on any atom is -0.000957 e. The lowest BCUT2D eigenvalue weighted by Gasteiger charge is -2.19. The second-order valence-electron chi connectivity index (χ2n) is 5.01. The number of hydrogen-bond donors (Lipinski definition) is 0. The maximum atomic E-state index is 2.30. The molecule has 0 aliphatic carbocycles. The minimum atomic E-state index is 0.774. The van der Waals surface area contributed by atoms with Crippen LogP contribution < -0.4 is 0 Å². The van der Waals surface area contributed by atoms with E-state index in [-0.39, 0.29) is 0 Å². The molecular formula is C13H28S3. The topological polar surface area (TPSA) is 0 Å². The van der Waals surface area contributed by atoms with E-state index in [2.05, 4.69) is 76.8 Å². The fraction of sp³-hybridized carbons (Fsp3) is 1.00. The predicted molar refractivity (Wildman–Crippen MR) is 86.3 cm³/mol. The zero-order chi connectivity index (χ0) is 12.6. The van der Waals surface area contributed by atoms with E-state index in [4.69, 9.17) is 0 Å². The number of hydrogen-bond acceptors (Lipinski definition) is 3. The van der Waals surface area contributed by atoms with Crippen LogP contribution in [0.4, 0.5) is 0 Å². The van der Waals surface area contributed by atoms with Crippen LogP contribution in [0.1, 0.15) is 41.5 Å². The molecule has 16 heavy (non-hydrogen) atoms. The summed E-state index contributed by atoms with van der Waals surface area (Å²) in [4.78, 5) is 0. The summed E-state index contributed by atoms with van der Waals surface area (Å²) in [6, 6.07) is 0. The molecule has 0 unspecified atom stereocenters. The van der Waals surface area contributed by atoms with Crippen molar-refractivity contribution in [3.05, 3.63) is 0 Å². The van der Waals surface area contributed by atoms with Crippen molar-refractivity contribution in [1.82, 2.24) is 0 Å². The standard InChI is InChI=1S/C13H28S3/c1-10(2)14-7-13(8-15-11(3)4)9-16-12(5)6/h10-13H,7-9H2,1-6H3. The molecule has 0 saturated heterocycles. The molecule has 0 aromatic carbocycles. The van der Waals surface area contributed by atoms with Gasteiger partial charge in [0, 0.05) is 0 Å². The quantitative estimate of drug-likeness (QED) is 0.581. The van der Waals surface area contributed by atoms with Gasteiger partial charge in [0.25, 0.3) is 0 Å². The molecule has 0 fully saturated rings. The molecule has 3 heteroatoms. The van der Waals surface area contributed by atoms with Gasteiger partial charge in [0.15, 0.2) is 0 Å². The lowest BCUT2D eigenvalue weighted by atomic mass is 10.3. The highest BCUT2D eigenvalue weighted by Gasteiger charge is 2.12. The molecular weight excluding hydrogens is 252 g/mol. The predicted octanol–water partition coefficient (Wildman–Crippen LogP) is 5.03. The average Bonchev–Trinajstić information content (AvgIpc) is 2.15. The fourth-order valence-corrected chi connectivity index (χ4v) is 4.26. The van der Waals surface area contributed by atoms with Crippen LogP contribution in [0.2, 0.25) is 0 Å². The second-order valence-corrected chi connectivity index (χ2v) is 9.84. The minimum Gasteiger partial charge on any atom is -0.159 e. The highest BCUT2D eigenvalue weighted by molar-refractivity contribution is 8.01. The summed E-state index contributed by atoms with van der Waals surface area (Å²) in [5.41, 5.74) is 0. The van der Waals surface area contributed by atoms with Crippen LogP contribution >= 0.6 is 35.3 Å². The highest BCUT2D eigenvalue weighted by atomic mass is 32.2. The van der Waals surface area contributed by atoms with Crippen molar-refractivity contribution in [3.8, 4) is 0 Å². The van der Waals surface area contributed by atoms with Crippen molar-refractivity contribution in [3.63, 3.8) is 0 Å². The van der Waals surface area contributed by atoms with Crippen LogP contribution in [-0.2, 0) is 0 Å². The van der Waals surface area contributed by atoms with Crippen LogP contribution in [0.3, 0.4) is 0 Å². The first-order chi connectivity index (χ1) is 7.41. The molecule has 98 valence electrons. The first kappa shape index (κ1) is 17.1. The maximum absolute atomic E-state index is 2.30. The van der Waals surface area contributed by atoms with E-state index in [1.165, 1.54) is 17.3 Å². The zero-order valence-electron chi connectivity index (χ0n) is 11.7. The molecule has 0 rings (SSSR count). The fourth-order valence-electron chi connectivity index (χ4n) is 1.13. The van der Waals surface area contributed by atoms with E-state index in [1.54, 1.807) is 0 Å². The Kier molecular flexibility index (Phi) is 10.7. The Balaban J connectivity index is 3.85. The van der Waals surface area contributed by atoms with E-state index in [1.807, 2.05) is 0 Å². The molecule has 0 aliphatic heterocycles. The third-order valence-corrected chi connectivity index (χ3v) is 5.99. The first-order valence-electron chi connectivity index (χ1n) is 6.26. The Hall–Kier alpha value is 1.05. The summed E-state index contributed by atoms with van der Waals surface area (Å²) >= 11 is 6.35. The normalized spacial score (nSPS) is 12.4. The monoisotopic (exact) mass is 280 g/mol. The summed E-state index contributed by atoms with van der Waals surface area (Å²) in [7, 11) is 0. The Bertz CT molecular complexity index is 127. The molecule has 0 spiro atoms. The summed E-state index contributed by atoms with van der Waals surface area (Å²) in [6.07, 6.45) is 0. The molecule has 0 bridgehead atoms. The van der Waals surface area contributed by atoms with Gasteiger partial charge in [-0.1, -0.05) is 41.5 Å². The van der Waals surface area contributed by atoms with Crippen LogP contribution in [0.25, 0.3) is 0 Å². The van der Waals surface area contributed by atoms with E-state index < -0.39 is 0 Å². The molecule has 0 saturated carbocycles. The Morgan fingerprint density at radius 3 is 1.00 bits per heavy atom. The van der Waals surface area contributed by atoms with E-state index in [0.29, 0.717) is 0 Å². The van der Waals surface area contributed by atoms with Gasteiger partial charge >= 0.3 is 0 Å². The van der Waals surface area contributed by atoms with Crippen molar-refractivity contribution >= 4 is 35.3 Å². The van der Waals surface area contributed by atoms with Gasteiger partial charge in [0.2, 0.25) is 0 Å². The Morgan fingerprint density at radius 1 is 0.562 bits per heavy atom. The van der Waals surface area contributed by atoms with Crippen LogP contribution in [-0.4, -0.2) is 33.0 Å². The Morgan fingerprint density at radius 2 is 0.812 bits per heavy atom. The van der Waals surface area contributed by atoms with Crippen molar-refractivity contribution < 1.29 is 0 Å². The third-order valence-electron chi connectivity index (χ3n) is 2.00. The van der Waals surface area contributed by atoms with Gasteiger partial charge in [-0.15, -0.1) is 0 Å². The molecule has 0 radical (unpaired) electrons. The Labute approximate surface area is 115 Å². The van der Waals surface area contributed by atoms with Crippen molar-refractivity contribution in [2.24, 2.45) is 5.92 Å². The van der Waals surface area contributed by atoms with Crippen molar-refractivity contribution in [1.29, 1.82) is 0 Å². The third kappa shape index (κ3) is 11.5. The van der Waals surface area contributed by atoms with Gasteiger partial charge in [-0.05, 0) is 38.9 Å². The lowest BCUT2D eigenvalue weighted by Crippen LogP contribution is -2.14. The van der Waals surface area contributed by atoms with Crippen LogP contribution in [0.5, 0.6) is 0 Å². The second kappa shape index (κ2) is 10.0. The SMILES string of the molecule is CC(C)SCC(CSC(C)C)CSC(C)C. The summed E-state index contributed by atoms with van der Waals surface area (Å²) in [5, 5.41) is 2.32. The first-order valence-corrected chi connectivity index (χ1v) is 9.41. The van der Waals surface area contributed by atoms with Gasteiger partial charge in [0.1, 0.15) is 0 Å². The smallest absolute Gasteiger partial charge is 0.000957 e. The van der Waals surface area contributed by atoms with E-state index in [0.717, 1.165) is 21.7 Å². The van der Waals surface area contributed by atoms with Gasteiger partial charge < -0.3 is 0 Å². The van der Waals surface area contributed by atoms with Gasteiger partial charge in [-0.25, -0.2) is 0 Å². The van der Waals surface area contributed by atoms with Gasteiger partial charge in [0.05, 0.1) is 0 Å². The van der Waals surface area contributed by atoms with Gasteiger partial charge in [-0.3, -0.25) is 0 Å².